The first kappa shape index (κ1) is 18.6. The average molecular weight is 387 g/mol. The van der Waals surface area contributed by atoms with Crippen LogP contribution in [0.15, 0.2) is 46.0 Å². The van der Waals surface area contributed by atoms with E-state index in [0.29, 0.717) is 4.83 Å². The van der Waals surface area contributed by atoms with Crippen LogP contribution in [0, 0.1) is 0 Å². The van der Waals surface area contributed by atoms with Crippen molar-refractivity contribution >= 4 is 33.4 Å². The van der Waals surface area contributed by atoms with Crippen molar-refractivity contribution in [2.24, 2.45) is 7.05 Å². The number of aromatic nitrogens is 2. The van der Waals surface area contributed by atoms with Crippen LogP contribution in [0.4, 0.5) is 0 Å². The van der Waals surface area contributed by atoms with Crippen LogP contribution in [0.25, 0.3) is 10.2 Å². The molecule has 0 aliphatic carbocycles. The molecule has 0 saturated heterocycles. The Labute approximate surface area is 157 Å². The molecule has 0 fully saturated rings. The summed E-state index contributed by atoms with van der Waals surface area (Å²) in [5.41, 5.74) is -0.165. The lowest BCUT2D eigenvalue weighted by Gasteiger charge is -2.08. The van der Waals surface area contributed by atoms with E-state index in [1.54, 1.807) is 0 Å². The summed E-state index contributed by atoms with van der Waals surface area (Å²) < 4.78 is 2.44. The summed E-state index contributed by atoms with van der Waals surface area (Å²) in [6.45, 7) is 1.46. The number of carboxylic acids is 1. The molecule has 9 heteroatoms. The minimum Gasteiger partial charge on any atom is -0.480 e. The first-order valence-electron chi connectivity index (χ1n) is 8.10. The van der Waals surface area contributed by atoms with Crippen molar-refractivity contribution in [3.8, 4) is 0 Å². The zero-order chi connectivity index (χ0) is 19.7. The second-order valence-electron chi connectivity index (χ2n) is 6.08. The fourth-order valence-corrected chi connectivity index (χ4v) is 3.64. The molecule has 0 aliphatic rings. The Hall–Kier alpha value is -3.20. The third-order valence-corrected chi connectivity index (χ3v) is 5.35. The lowest BCUT2D eigenvalue weighted by atomic mass is 10.2. The predicted octanol–water partition coefficient (Wildman–Crippen LogP) is 1.01. The van der Waals surface area contributed by atoms with Gasteiger partial charge < -0.3 is 10.4 Å². The number of nitrogens with zero attached hydrogens (tertiary/aromatic N) is 2. The van der Waals surface area contributed by atoms with Gasteiger partial charge in [-0.05, 0) is 18.6 Å². The van der Waals surface area contributed by atoms with Gasteiger partial charge in [0.2, 0.25) is 0 Å². The van der Waals surface area contributed by atoms with Crippen LogP contribution in [-0.4, -0.2) is 32.2 Å². The summed E-state index contributed by atoms with van der Waals surface area (Å²) >= 11 is 0.974. The second kappa shape index (κ2) is 7.20. The van der Waals surface area contributed by atoms with Crippen LogP contribution in [-0.2, 0) is 18.4 Å². The molecule has 0 radical (unpaired) electrons. The highest BCUT2D eigenvalue weighted by Gasteiger charge is 2.20. The second-order valence-corrected chi connectivity index (χ2v) is 7.11. The number of hydrogen-bond donors (Lipinski definition) is 2. The molecule has 1 amide bonds. The number of amides is 1. The number of carbonyl (C=O) groups excluding carboxylic acids is 1. The van der Waals surface area contributed by atoms with Gasteiger partial charge in [0.25, 0.3) is 11.5 Å². The van der Waals surface area contributed by atoms with Crippen molar-refractivity contribution in [1.82, 2.24) is 14.5 Å². The summed E-state index contributed by atoms with van der Waals surface area (Å²) in [6.07, 6.45) is 0. The Bertz CT molecular complexity index is 1140. The van der Waals surface area contributed by atoms with Crippen molar-refractivity contribution in [2.75, 3.05) is 0 Å². The standard InChI is InChI=1S/C18H17N3O5S/c1-10(17(24)25)19-14(22)13-8-12-15(23)21(9-11-6-4-3-5-7-11)18(26)20(2)16(12)27-13/h3-8,10H,9H2,1-2H3,(H,19,22)(H,24,25). The summed E-state index contributed by atoms with van der Waals surface area (Å²) in [7, 11) is 1.53. The third kappa shape index (κ3) is 3.54. The molecule has 1 unspecified atom stereocenters. The maximum atomic E-state index is 12.8. The number of benzene rings is 1. The Morgan fingerprint density at radius 1 is 1.22 bits per heavy atom. The molecule has 3 aromatic rings. The molecule has 27 heavy (non-hydrogen) atoms. The molecule has 0 bridgehead atoms. The quantitative estimate of drug-likeness (QED) is 0.679. The molecular weight excluding hydrogens is 370 g/mol. The Balaban J connectivity index is 2.06. The smallest absolute Gasteiger partial charge is 0.332 e. The van der Waals surface area contributed by atoms with Crippen molar-refractivity contribution in [1.29, 1.82) is 0 Å². The van der Waals surface area contributed by atoms with Gasteiger partial charge in [-0.3, -0.25) is 23.5 Å². The maximum Gasteiger partial charge on any atom is 0.332 e. The summed E-state index contributed by atoms with van der Waals surface area (Å²) in [5.74, 6) is -1.77. The topological polar surface area (TPSA) is 110 Å². The zero-order valence-electron chi connectivity index (χ0n) is 14.6. The van der Waals surface area contributed by atoms with E-state index in [1.165, 1.54) is 24.6 Å². The molecule has 1 aromatic carbocycles. The molecule has 1 atom stereocenters. The number of hydrogen-bond acceptors (Lipinski definition) is 5. The number of rotatable bonds is 5. The zero-order valence-corrected chi connectivity index (χ0v) is 15.4. The third-order valence-electron chi connectivity index (χ3n) is 4.14. The normalized spacial score (nSPS) is 12.1. The van der Waals surface area contributed by atoms with Crippen LogP contribution in [0.1, 0.15) is 22.2 Å². The van der Waals surface area contributed by atoms with E-state index in [-0.39, 0.29) is 16.8 Å². The van der Waals surface area contributed by atoms with Gasteiger partial charge in [0.15, 0.2) is 0 Å². The fourth-order valence-electron chi connectivity index (χ4n) is 2.63. The highest BCUT2D eigenvalue weighted by Crippen LogP contribution is 2.21. The van der Waals surface area contributed by atoms with Gasteiger partial charge in [0.05, 0.1) is 16.8 Å². The van der Waals surface area contributed by atoms with Crippen molar-refractivity contribution < 1.29 is 14.7 Å². The van der Waals surface area contributed by atoms with Crippen molar-refractivity contribution in [2.45, 2.75) is 19.5 Å². The molecule has 140 valence electrons. The molecule has 8 nitrogen and oxygen atoms in total. The summed E-state index contributed by atoms with van der Waals surface area (Å²) in [6, 6.07) is 9.44. The Morgan fingerprint density at radius 2 is 1.89 bits per heavy atom. The maximum absolute atomic E-state index is 12.8. The molecule has 2 N–H and O–H groups in total. The lowest BCUT2D eigenvalue weighted by molar-refractivity contribution is -0.138. The van der Waals surface area contributed by atoms with Gasteiger partial charge in [0.1, 0.15) is 10.9 Å². The number of carboxylic acid groups (broad SMARTS) is 1. The van der Waals surface area contributed by atoms with E-state index >= 15 is 0 Å². The molecule has 0 saturated carbocycles. The molecular formula is C18H17N3O5S. The van der Waals surface area contributed by atoms with Crippen molar-refractivity contribution in [3.05, 3.63) is 67.7 Å². The number of nitrogens with one attached hydrogen (secondary N) is 1. The van der Waals surface area contributed by atoms with Crippen LogP contribution in [0.2, 0.25) is 0 Å². The minimum absolute atomic E-state index is 0.121. The van der Waals surface area contributed by atoms with E-state index in [4.69, 9.17) is 5.11 Å². The molecule has 0 spiro atoms. The van der Waals surface area contributed by atoms with E-state index < -0.39 is 29.2 Å². The molecule has 0 aliphatic heterocycles. The summed E-state index contributed by atoms with van der Waals surface area (Å²) in [5, 5.41) is 11.5. The number of thiophene rings is 1. The van der Waals surface area contributed by atoms with Gasteiger partial charge >= 0.3 is 11.7 Å². The van der Waals surface area contributed by atoms with E-state index in [9.17, 15) is 19.2 Å². The number of fused-ring (bicyclic) bond motifs is 1. The first-order valence-corrected chi connectivity index (χ1v) is 8.92. The molecule has 3 rings (SSSR count). The van der Waals surface area contributed by atoms with Gasteiger partial charge in [-0.15, -0.1) is 11.3 Å². The Kier molecular flexibility index (Phi) is 4.95. The first-order chi connectivity index (χ1) is 12.8. The fraction of sp³-hybridized carbons (Fsp3) is 0.222. The SMILES string of the molecule is CC(NC(=O)c1cc2c(=O)n(Cc3ccccc3)c(=O)n(C)c2s1)C(=O)O. The van der Waals surface area contributed by atoms with Crippen LogP contribution in [0.3, 0.4) is 0 Å². The monoisotopic (exact) mass is 387 g/mol. The Morgan fingerprint density at radius 3 is 2.52 bits per heavy atom. The molecule has 2 aromatic heterocycles. The minimum atomic E-state index is -1.16. The van der Waals surface area contributed by atoms with E-state index in [1.807, 2.05) is 30.3 Å². The number of aliphatic carboxylic acids is 1. The van der Waals surface area contributed by atoms with Gasteiger partial charge in [-0.25, -0.2) is 4.79 Å². The van der Waals surface area contributed by atoms with E-state index in [0.717, 1.165) is 21.5 Å². The van der Waals surface area contributed by atoms with E-state index in [2.05, 4.69) is 5.32 Å². The number of carbonyl (C=O) groups is 2. The highest BCUT2D eigenvalue weighted by molar-refractivity contribution is 7.20. The average Bonchev–Trinajstić information content (AvgIpc) is 3.10. The summed E-state index contributed by atoms with van der Waals surface area (Å²) in [4.78, 5) is 49.1. The van der Waals surface area contributed by atoms with Crippen LogP contribution < -0.4 is 16.6 Å². The van der Waals surface area contributed by atoms with Crippen molar-refractivity contribution in [3.63, 3.8) is 0 Å². The van der Waals surface area contributed by atoms with Crippen LogP contribution >= 0.6 is 11.3 Å². The van der Waals surface area contributed by atoms with Gasteiger partial charge in [0, 0.05) is 7.05 Å². The largest absolute Gasteiger partial charge is 0.480 e. The number of aryl methyl sites for hydroxylation is 1. The van der Waals surface area contributed by atoms with Crippen LogP contribution in [0.5, 0.6) is 0 Å². The highest BCUT2D eigenvalue weighted by atomic mass is 32.1. The predicted molar refractivity (Wildman–Crippen MR) is 101 cm³/mol. The van der Waals surface area contributed by atoms with Gasteiger partial charge in [-0.1, -0.05) is 30.3 Å². The van der Waals surface area contributed by atoms with Gasteiger partial charge in [-0.2, -0.15) is 0 Å². The molecule has 2 heterocycles. The lowest BCUT2D eigenvalue weighted by Crippen LogP contribution is -2.38.